The highest BCUT2D eigenvalue weighted by Gasteiger charge is 2.09. The molecule has 1 aromatic heterocycles. The summed E-state index contributed by atoms with van der Waals surface area (Å²) in [6.07, 6.45) is 1.40. The van der Waals surface area contributed by atoms with E-state index in [0.29, 0.717) is 17.9 Å². The van der Waals surface area contributed by atoms with Crippen molar-refractivity contribution in [2.24, 2.45) is 0 Å². The number of hydrogen-bond acceptors (Lipinski definition) is 3. The molecule has 84 valence electrons. The molecule has 1 aromatic carbocycles. The fourth-order valence-electron chi connectivity index (χ4n) is 1.59. The van der Waals surface area contributed by atoms with Crippen LogP contribution in [0.25, 0.3) is 5.69 Å². The summed E-state index contributed by atoms with van der Waals surface area (Å²) in [7, 11) is 0. The first-order valence-corrected chi connectivity index (χ1v) is 5.00. The maximum atomic E-state index is 11.8. The minimum absolute atomic E-state index is 0.0377. The second-order valence-corrected chi connectivity index (χ2v) is 3.48. The minimum atomic E-state index is -0.259. The van der Waals surface area contributed by atoms with Gasteiger partial charge in [-0.05, 0) is 31.2 Å². The summed E-state index contributed by atoms with van der Waals surface area (Å²) in [6.45, 7) is 2.24. The van der Waals surface area contributed by atoms with Crippen molar-refractivity contribution in [2.75, 3.05) is 5.73 Å². The molecular formula is C11H13N3O2. The molecule has 0 atom stereocenters. The largest absolute Gasteiger partial charge is 0.493 e. The van der Waals surface area contributed by atoms with Gasteiger partial charge in [0.05, 0.1) is 11.9 Å². The van der Waals surface area contributed by atoms with E-state index in [1.807, 2.05) is 0 Å². The molecule has 16 heavy (non-hydrogen) atoms. The van der Waals surface area contributed by atoms with Gasteiger partial charge in [0.15, 0.2) is 0 Å². The summed E-state index contributed by atoms with van der Waals surface area (Å²) in [5.41, 5.74) is 6.62. The van der Waals surface area contributed by atoms with Crippen molar-refractivity contribution in [1.82, 2.24) is 9.13 Å². The van der Waals surface area contributed by atoms with Crippen LogP contribution in [0.5, 0.6) is 5.88 Å². The van der Waals surface area contributed by atoms with Crippen LogP contribution < -0.4 is 11.4 Å². The van der Waals surface area contributed by atoms with Gasteiger partial charge < -0.3 is 10.8 Å². The molecule has 0 unspecified atom stereocenters. The first-order chi connectivity index (χ1) is 7.63. The number of benzene rings is 1. The number of aromatic nitrogens is 2. The van der Waals surface area contributed by atoms with Gasteiger partial charge in [-0.25, -0.2) is 4.79 Å². The molecule has 0 saturated heterocycles. The predicted molar refractivity (Wildman–Crippen MR) is 61.8 cm³/mol. The molecule has 0 aliphatic rings. The highest BCUT2D eigenvalue weighted by molar-refractivity contribution is 5.45. The number of nitrogens with two attached hydrogens (primary N) is 1. The first kappa shape index (κ1) is 10.4. The van der Waals surface area contributed by atoms with Crippen molar-refractivity contribution >= 4 is 5.69 Å². The Hall–Kier alpha value is -2.17. The Morgan fingerprint density at radius 3 is 2.44 bits per heavy atom. The Kier molecular flexibility index (Phi) is 2.44. The SMILES string of the molecule is CCn1c(O)cn(-c2ccc(N)cc2)c1=O. The Morgan fingerprint density at radius 2 is 1.94 bits per heavy atom. The van der Waals surface area contributed by atoms with Gasteiger partial charge in [0.1, 0.15) is 0 Å². The van der Waals surface area contributed by atoms with Gasteiger partial charge in [-0.1, -0.05) is 0 Å². The zero-order valence-corrected chi connectivity index (χ0v) is 8.92. The third-order valence-corrected chi connectivity index (χ3v) is 2.45. The molecule has 3 N–H and O–H groups in total. The van der Waals surface area contributed by atoms with Crippen molar-refractivity contribution in [3.63, 3.8) is 0 Å². The van der Waals surface area contributed by atoms with Gasteiger partial charge in [0.2, 0.25) is 5.88 Å². The van der Waals surface area contributed by atoms with E-state index in [1.165, 1.54) is 15.3 Å². The van der Waals surface area contributed by atoms with Crippen LogP contribution in [0, 0.1) is 0 Å². The summed E-state index contributed by atoms with van der Waals surface area (Å²) in [5.74, 6) is -0.0377. The van der Waals surface area contributed by atoms with E-state index in [2.05, 4.69) is 0 Å². The average molecular weight is 219 g/mol. The van der Waals surface area contributed by atoms with E-state index >= 15 is 0 Å². The van der Waals surface area contributed by atoms with Gasteiger partial charge in [0, 0.05) is 12.2 Å². The molecule has 0 aliphatic heterocycles. The van der Waals surface area contributed by atoms with Crippen molar-refractivity contribution in [3.8, 4) is 11.6 Å². The lowest BCUT2D eigenvalue weighted by Crippen LogP contribution is -2.22. The fraction of sp³-hybridized carbons (Fsp3) is 0.182. The number of hydrogen-bond donors (Lipinski definition) is 2. The van der Waals surface area contributed by atoms with Gasteiger partial charge in [0.25, 0.3) is 0 Å². The van der Waals surface area contributed by atoms with Crippen LogP contribution in [-0.4, -0.2) is 14.2 Å². The third kappa shape index (κ3) is 1.56. The van der Waals surface area contributed by atoms with Crippen LogP contribution in [0.4, 0.5) is 5.69 Å². The maximum Gasteiger partial charge on any atom is 0.335 e. The zero-order valence-electron chi connectivity index (χ0n) is 8.92. The molecular weight excluding hydrogens is 206 g/mol. The quantitative estimate of drug-likeness (QED) is 0.738. The van der Waals surface area contributed by atoms with Crippen LogP contribution in [0.15, 0.2) is 35.3 Å². The Labute approximate surface area is 92.4 Å². The summed E-state index contributed by atoms with van der Waals surface area (Å²) < 4.78 is 2.68. The second kappa shape index (κ2) is 3.77. The van der Waals surface area contributed by atoms with Crippen molar-refractivity contribution in [2.45, 2.75) is 13.5 Å². The van der Waals surface area contributed by atoms with Crippen LogP contribution >= 0.6 is 0 Å². The lowest BCUT2D eigenvalue weighted by atomic mass is 10.3. The van der Waals surface area contributed by atoms with Crippen molar-refractivity contribution in [1.29, 1.82) is 0 Å². The topological polar surface area (TPSA) is 73.2 Å². The lowest BCUT2D eigenvalue weighted by molar-refractivity contribution is 0.418. The highest BCUT2D eigenvalue weighted by Crippen LogP contribution is 2.13. The molecule has 0 radical (unpaired) electrons. The van der Waals surface area contributed by atoms with Gasteiger partial charge >= 0.3 is 5.69 Å². The molecule has 0 aliphatic carbocycles. The summed E-state index contributed by atoms with van der Waals surface area (Å²) in [5, 5.41) is 9.55. The van der Waals surface area contributed by atoms with E-state index < -0.39 is 0 Å². The first-order valence-electron chi connectivity index (χ1n) is 5.00. The zero-order chi connectivity index (χ0) is 11.7. The van der Waals surface area contributed by atoms with Crippen molar-refractivity contribution in [3.05, 3.63) is 40.9 Å². The van der Waals surface area contributed by atoms with E-state index in [4.69, 9.17) is 5.73 Å². The molecule has 0 spiro atoms. The number of nitrogens with zero attached hydrogens (tertiary/aromatic N) is 2. The smallest absolute Gasteiger partial charge is 0.335 e. The lowest BCUT2D eigenvalue weighted by Gasteiger charge is -2.00. The van der Waals surface area contributed by atoms with Crippen LogP contribution in [0.1, 0.15) is 6.92 Å². The standard InChI is InChI=1S/C11H13N3O2/c1-2-13-10(15)7-14(11(13)16)9-5-3-8(12)4-6-9/h3-7,15H,2,12H2,1H3. The van der Waals surface area contributed by atoms with Crippen molar-refractivity contribution < 1.29 is 5.11 Å². The summed E-state index contributed by atoms with van der Waals surface area (Å²) >= 11 is 0. The van der Waals surface area contributed by atoms with Gasteiger partial charge in [-0.15, -0.1) is 0 Å². The average Bonchev–Trinajstić information content (AvgIpc) is 2.55. The number of imidazole rings is 1. The highest BCUT2D eigenvalue weighted by atomic mass is 16.3. The molecule has 0 bridgehead atoms. The summed E-state index contributed by atoms with van der Waals surface area (Å²) in [4.78, 5) is 11.8. The monoisotopic (exact) mass is 219 g/mol. The number of anilines is 1. The van der Waals surface area contributed by atoms with Crippen LogP contribution in [0.2, 0.25) is 0 Å². The van der Waals surface area contributed by atoms with Gasteiger partial charge in [-0.2, -0.15) is 0 Å². The van der Waals surface area contributed by atoms with E-state index in [9.17, 15) is 9.90 Å². The molecule has 0 amide bonds. The Morgan fingerprint density at radius 1 is 1.31 bits per heavy atom. The summed E-state index contributed by atoms with van der Waals surface area (Å²) in [6, 6.07) is 6.89. The molecule has 0 fully saturated rings. The molecule has 2 rings (SSSR count). The predicted octanol–water partition coefficient (Wildman–Crippen LogP) is 0.947. The van der Waals surface area contributed by atoms with E-state index in [1.54, 1.807) is 31.2 Å². The second-order valence-electron chi connectivity index (χ2n) is 3.48. The van der Waals surface area contributed by atoms with Crippen LogP contribution in [0.3, 0.4) is 0 Å². The molecule has 0 saturated carbocycles. The molecule has 5 heteroatoms. The number of nitrogen functional groups attached to an aromatic ring is 1. The Balaban J connectivity index is 2.57. The normalized spacial score (nSPS) is 10.6. The number of rotatable bonds is 2. The van der Waals surface area contributed by atoms with E-state index in [0.717, 1.165) is 0 Å². The van der Waals surface area contributed by atoms with Crippen LogP contribution in [-0.2, 0) is 6.54 Å². The van der Waals surface area contributed by atoms with E-state index in [-0.39, 0.29) is 11.6 Å². The molecule has 1 heterocycles. The number of aromatic hydroxyl groups is 1. The Bertz CT molecular complexity index is 552. The minimum Gasteiger partial charge on any atom is -0.493 e. The maximum absolute atomic E-state index is 11.8. The van der Waals surface area contributed by atoms with Gasteiger partial charge in [-0.3, -0.25) is 9.13 Å². The fourth-order valence-corrected chi connectivity index (χ4v) is 1.59. The molecule has 5 nitrogen and oxygen atoms in total. The third-order valence-electron chi connectivity index (χ3n) is 2.45. The molecule has 2 aromatic rings.